The Labute approximate surface area is 176 Å². The predicted molar refractivity (Wildman–Crippen MR) is 128 cm³/mol. The van der Waals surface area contributed by atoms with E-state index < -0.39 is 0 Å². The minimum absolute atomic E-state index is 0.0607. The van der Waals surface area contributed by atoms with Crippen LogP contribution in [0.3, 0.4) is 0 Å². The average Bonchev–Trinajstić information content (AvgIpc) is 3.01. The lowest BCUT2D eigenvalue weighted by molar-refractivity contribution is 0.596. The van der Waals surface area contributed by atoms with E-state index >= 15 is 0 Å². The Bertz CT molecular complexity index is 1400. The quantitative estimate of drug-likeness (QED) is 0.279. The molecule has 0 N–H and O–H groups in total. The molecule has 144 valence electrons. The topological polar surface area (TPSA) is 12.9 Å². The predicted octanol–water partition coefficient (Wildman–Crippen LogP) is 8.18. The van der Waals surface area contributed by atoms with Crippen LogP contribution in [0.4, 0.5) is 0 Å². The molecule has 0 saturated carbocycles. The number of hydrogen-bond donors (Lipinski definition) is 0. The number of pyridine rings is 1. The normalized spacial score (nSPS) is 12.3. The Hall–Kier alpha value is -2.71. The summed E-state index contributed by atoms with van der Waals surface area (Å²) in [5.41, 5.74) is 6.18. The lowest BCUT2D eigenvalue weighted by atomic mass is 9.82. The SMILES string of the molecule is Cc1sc2c(c(-c3cc(C(C)(C)C)c4ccccc4c3)nc3ccccc32)c1C. The molecule has 0 bridgehead atoms. The molecule has 0 amide bonds. The first-order valence-corrected chi connectivity index (χ1v) is 11.0. The molecule has 0 aliphatic carbocycles. The van der Waals surface area contributed by atoms with Gasteiger partial charge in [-0.1, -0.05) is 63.2 Å². The van der Waals surface area contributed by atoms with Crippen LogP contribution < -0.4 is 0 Å². The molecule has 0 fully saturated rings. The van der Waals surface area contributed by atoms with Crippen molar-refractivity contribution >= 4 is 43.1 Å². The Kier molecular flexibility index (Phi) is 4.04. The maximum absolute atomic E-state index is 5.18. The Morgan fingerprint density at radius 2 is 1.52 bits per heavy atom. The van der Waals surface area contributed by atoms with Crippen molar-refractivity contribution < 1.29 is 0 Å². The number of thiophene rings is 1. The zero-order valence-corrected chi connectivity index (χ0v) is 18.4. The minimum atomic E-state index is 0.0607. The summed E-state index contributed by atoms with van der Waals surface area (Å²) in [5.74, 6) is 0. The van der Waals surface area contributed by atoms with E-state index in [0.717, 1.165) is 11.2 Å². The van der Waals surface area contributed by atoms with Gasteiger partial charge in [0.2, 0.25) is 0 Å². The van der Waals surface area contributed by atoms with Crippen LogP contribution in [0.25, 0.3) is 43.0 Å². The first-order valence-electron chi connectivity index (χ1n) is 10.2. The van der Waals surface area contributed by atoms with Gasteiger partial charge in [0.25, 0.3) is 0 Å². The molecule has 0 unspecified atom stereocenters. The van der Waals surface area contributed by atoms with Gasteiger partial charge in [-0.25, -0.2) is 4.98 Å². The van der Waals surface area contributed by atoms with Gasteiger partial charge in [-0.2, -0.15) is 0 Å². The van der Waals surface area contributed by atoms with Crippen molar-refractivity contribution in [2.75, 3.05) is 0 Å². The fourth-order valence-corrected chi connectivity index (χ4v) is 5.51. The second kappa shape index (κ2) is 6.40. The molecule has 29 heavy (non-hydrogen) atoms. The molecule has 5 aromatic rings. The molecule has 2 heterocycles. The zero-order valence-electron chi connectivity index (χ0n) is 17.6. The van der Waals surface area contributed by atoms with Gasteiger partial charge in [0, 0.05) is 25.9 Å². The van der Waals surface area contributed by atoms with E-state index in [4.69, 9.17) is 4.98 Å². The Balaban J connectivity index is 1.94. The fourth-order valence-electron chi connectivity index (χ4n) is 4.32. The van der Waals surface area contributed by atoms with Crippen LogP contribution in [-0.2, 0) is 5.41 Å². The molecule has 0 aliphatic rings. The smallest absolute Gasteiger partial charge is 0.0799 e. The lowest BCUT2D eigenvalue weighted by Gasteiger charge is -2.23. The summed E-state index contributed by atoms with van der Waals surface area (Å²) < 4.78 is 1.35. The van der Waals surface area contributed by atoms with Gasteiger partial charge in [-0.05, 0) is 59.4 Å². The third-order valence-corrected chi connectivity index (χ3v) is 7.19. The molecule has 0 aliphatic heterocycles. The first-order chi connectivity index (χ1) is 13.8. The lowest BCUT2D eigenvalue weighted by Crippen LogP contribution is -2.12. The third-order valence-electron chi connectivity index (χ3n) is 5.95. The van der Waals surface area contributed by atoms with Crippen molar-refractivity contribution in [2.24, 2.45) is 0 Å². The highest BCUT2D eigenvalue weighted by Gasteiger charge is 2.21. The monoisotopic (exact) mass is 395 g/mol. The Morgan fingerprint density at radius 1 is 0.828 bits per heavy atom. The van der Waals surface area contributed by atoms with E-state index in [9.17, 15) is 0 Å². The summed E-state index contributed by atoms with van der Waals surface area (Å²) >= 11 is 1.89. The van der Waals surface area contributed by atoms with Crippen LogP contribution in [0, 0.1) is 13.8 Å². The molecule has 1 nitrogen and oxygen atoms in total. The number of aromatic nitrogens is 1. The second-order valence-corrected chi connectivity index (χ2v) is 10.2. The highest BCUT2D eigenvalue weighted by Crippen LogP contribution is 2.42. The third kappa shape index (κ3) is 2.86. The van der Waals surface area contributed by atoms with Gasteiger partial charge in [0.15, 0.2) is 0 Å². The van der Waals surface area contributed by atoms with E-state index in [1.54, 1.807) is 0 Å². The summed E-state index contributed by atoms with van der Waals surface area (Å²) in [6, 6.07) is 21.9. The van der Waals surface area contributed by atoms with Crippen molar-refractivity contribution in [3.05, 3.63) is 76.7 Å². The van der Waals surface area contributed by atoms with Crippen molar-refractivity contribution in [3.8, 4) is 11.3 Å². The molecule has 5 rings (SSSR count). The molecule has 0 radical (unpaired) electrons. The van der Waals surface area contributed by atoms with Crippen LogP contribution in [0.1, 0.15) is 36.8 Å². The molecule has 0 spiro atoms. The van der Waals surface area contributed by atoms with Gasteiger partial charge in [-0.3, -0.25) is 0 Å². The fraction of sp³-hybridized carbons (Fsp3) is 0.222. The van der Waals surface area contributed by atoms with Gasteiger partial charge >= 0.3 is 0 Å². The summed E-state index contributed by atoms with van der Waals surface area (Å²) in [6.45, 7) is 11.3. The standard InChI is InChI=1S/C27H25NS/c1-16-17(2)29-26-21-12-8-9-13-23(21)28-25(24(16)26)19-14-18-10-6-7-11-20(18)22(15-19)27(3,4)5/h6-15H,1-5H3. The zero-order chi connectivity index (χ0) is 20.3. The van der Waals surface area contributed by atoms with Crippen LogP contribution in [0.5, 0.6) is 0 Å². The van der Waals surface area contributed by atoms with Crippen LogP contribution in [0.15, 0.2) is 60.7 Å². The molecule has 3 aromatic carbocycles. The molecule has 2 heteroatoms. The van der Waals surface area contributed by atoms with Crippen molar-refractivity contribution in [3.63, 3.8) is 0 Å². The number of hydrogen-bond acceptors (Lipinski definition) is 2. The van der Waals surface area contributed by atoms with Crippen molar-refractivity contribution in [1.82, 2.24) is 4.98 Å². The summed E-state index contributed by atoms with van der Waals surface area (Å²) in [7, 11) is 0. The molecule has 2 aromatic heterocycles. The highest BCUT2D eigenvalue weighted by molar-refractivity contribution is 7.20. The molecular formula is C27H25NS. The number of para-hydroxylation sites is 1. The number of nitrogens with zero attached hydrogens (tertiary/aromatic N) is 1. The maximum atomic E-state index is 5.18. The van der Waals surface area contributed by atoms with E-state index in [-0.39, 0.29) is 5.41 Å². The van der Waals surface area contributed by atoms with Gasteiger partial charge in [0.1, 0.15) is 0 Å². The van der Waals surface area contributed by atoms with Crippen molar-refractivity contribution in [2.45, 2.75) is 40.0 Å². The number of fused-ring (bicyclic) bond motifs is 4. The summed E-state index contributed by atoms with van der Waals surface area (Å²) in [5, 5.41) is 5.17. The second-order valence-electron chi connectivity index (χ2n) is 8.96. The van der Waals surface area contributed by atoms with Crippen molar-refractivity contribution in [1.29, 1.82) is 0 Å². The molecule has 0 atom stereocenters. The summed E-state index contributed by atoms with van der Waals surface area (Å²) in [4.78, 5) is 6.56. The van der Waals surface area contributed by atoms with Crippen LogP contribution in [0.2, 0.25) is 0 Å². The minimum Gasteiger partial charge on any atom is -0.247 e. The van der Waals surface area contributed by atoms with E-state index in [1.165, 1.54) is 47.8 Å². The van der Waals surface area contributed by atoms with E-state index in [0.29, 0.717) is 0 Å². The number of aryl methyl sites for hydroxylation is 2. The van der Waals surface area contributed by atoms with Crippen LogP contribution >= 0.6 is 11.3 Å². The van der Waals surface area contributed by atoms with E-state index in [2.05, 4.69) is 95.3 Å². The molecule has 0 saturated heterocycles. The average molecular weight is 396 g/mol. The largest absolute Gasteiger partial charge is 0.247 e. The van der Waals surface area contributed by atoms with Gasteiger partial charge < -0.3 is 0 Å². The first kappa shape index (κ1) is 18.3. The summed E-state index contributed by atoms with van der Waals surface area (Å²) in [6.07, 6.45) is 0. The maximum Gasteiger partial charge on any atom is 0.0799 e. The van der Waals surface area contributed by atoms with Gasteiger partial charge in [-0.15, -0.1) is 11.3 Å². The van der Waals surface area contributed by atoms with Crippen LogP contribution in [-0.4, -0.2) is 4.98 Å². The molecular weight excluding hydrogens is 370 g/mol. The number of rotatable bonds is 1. The van der Waals surface area contributed by atoms with Gasteiger partial charge in [0.05, 0.1) is 11.2 Å². The Morgan fingerprint density at radius 3 is 2.28 bits per heavy atom. The number of benzene rings is 3. The highest BCUT2D eigenvalue weighted by atomic mass is 32.1. The van der Waals surface area contributed by atoms with E-state index in [1.807, 2.05) is 11.3 Å².